The third-order valence-electron chi connectivity index (χ3n) is 3.87. The van der Waals surface area contributed by atoms with Gasteiger partial charge in [0.1, 0.15) is 10.9 Å². The number of nitrogens with zero attached hydrogens (tertiary/aromatic N) is 2. The summed E-state index contributed by atoms with van der Waals surface area (Å²) in [5.74, 6) is 0. The van der Waals surface area contributed by atoms with Crippen molar-refractivity contribution in [2.24, 2.45) is 0 Å². The molecule has 0 fully saturated rings. The first-order valence-electron chi connectivity index (χ1n) is 7.09. The molecule has 2 heterocycles. The van der Waals surface area contributed by atoms with Gasteiger partial charge in [-0.15, -0.1) is 11.3 Å². The number of methoxy groups -OCH3 is 1. The van der Waals surface area contributed by atoms with Gasteiger partial charge in [-0.3, -0.25) is 9.36 Å². The van der Waals surface area contributed by atoms with Crippen molar-refractivity contribution < 1.29 is 23.0 Å². The van der Waals surface area contributed by atoms with Gasteiger partial charge in [-0.2, -0.15) is 13.2 Å². The monoisotopic (exact) mass is 366 g/mol. The van der Waals surface area contributed by atoms with Crippen LogP contribution in [0.5, 0.6) is 0 Å². The molecule has 0 amide bonds. The first-order valence-corrected chi connectivity index (χ1v) is 7.90. The van der Waals surface area contributed by atoms with Crippen molar-refractivity contribution in [3.05, 3.63) is 31.3 Å². The molecule has 6 nitrogen and oxygen atoms in total. The van der Waals surface area contributed by atoms with Crippen LogP contribution in [0.25, 0.3) is 10.2 Å². The lowest BCUT2D eigenvalue weighted by Gasteiger charge is -2.19. The molecule has 1 atom stereocenters. The molecule has 0 spiro atoms. The Hall–Kier alpha value is -1.65. The van der Waals surface area contributed by atoms with E-state index in [9.17, 15) is 27.9 Å². The number of aryl methyl sites for hydroxylation is 1. The van der Waals surface area contributed by atoms with Gasteiger partial charge in [0.05, 0.1) is 25.1 Å². The van der Waals surface area contributed by atoms with Crippen LogP contribution in [0.1, 0.15) is 23.4 Å². The average molecular weight is 366 g/mol. The van der Waals surface area contributed by atoms with Crippen molar-refractivity contribution >= 4 is 21.6 Å². The summed E-state index contributed by atoms with van der Waals surface area (Å²) in [7, 11) is 1.40. The number of thiophene rings is 1. The van der Waals surface area contributed by atoms with Gasteiger partial charge in [0.15, 0.2) is 0 Å². The van der Waals surface area contributed by atoms with Crippen LogP contribution in [-0.2, 0) is 17.9 Å². The molecule has 2 rings (SSSR count). The fraction of sp³-hybridized carbons (Fsp3) is 0.571. The quantitative estimate of drug-likeness (QED) is 0.876. The predicted octanol–water partition coefficient (Wildman–Crippen LogP) is 1.80. The van der Waals surface area contributed by atoms with E-state index < -0.39 is 23.5 Å². The van der Waals surface area contributed by atoms with Crippen LogP contribution in [-0.4, -0.2) is 34.1 Å². The van der Waals surface area contributed by atoms with Crippen LogP contribution < -0.4 is 11.2 Å². The Kier molecular flexibility index (Phi) is 5.21. The Labute approximate surface area is 138 Å². The van der Waals surface area contributed by atoms with Crippen molar-refractivity contribution in [2.45, 2.75) is 39.2 Å². The zero-order valence-electron chi connectivity index (χ0n) is 13.3. The largest absolute Gasteiger partial charge is 0.409 e. The molecule has 0 bridgehead atoms. The van der Waals surface area contributed by atoms with E-state index in [1.807, 2.05) is 0 Å². The Morgan fingerprint density at radius 3 is 2.46 bits per heavy atom. The van der Waals surface area contributed by atoms with Crippen LogP contribution in [0.2, 0.25) is 0 Å². The number of fused-ring (bicyclic) bond motifs is 1. The second-order valence-electron chi connectivity index (χ2n) is 5.31. The van der Waals surface area contributed by atoms with E-state index in [0.29, 0.717) is 10.4 Å². The van der Waals surface area contributed by atoms with Crippen LogP contribution in [0.15, 0.2) is 9.59 Å². The minimum Gasteiger partial charge on any atom is -0.391 e. The highest BCUT2D eigenvalue weighted by Crippen LogP contribution is 2.31. The first kappa shape index (κ1) is 18.7. The fourth-order valence-corrected chi connectivity index (χ4v) is 3.60. The summed E-state index contributed by atoms with van der Waals surface area (Å²) in [5.41, 5.74) is -1.65. The average Bonchev–Trinajstić information content (AvgIpc) is 2.83. The smallest absolute Gasteiger partial charge is 0.391 e. The number of aliphatic hydroxyl groups is 1. The second kappa shape index (κ2) is 6.69. The summed E-state index contributed by atoms with van der Waals surface area (Å²) < 4.78 is 45.5. The van der Waals surface area contributed by atoms with Gasteiger partial charge in [-0.05, 0) is 19.4 Å². The molecule has 0 radical (unpaired) electrons. The Morgan fingerprint density at radius 2 is 1.96 bits per heavy atom. The standard InChI is InChI=1S/C14H17F3N2O4S/c1-7-9(6-20)24-12-10(7)11(21)19(8(2)14(15,16)17)13(22)18(12)4-5-23-3/h8,20H,4-6H2,1-3H3/t8-/m0/s1. The lowest BCUT2D eigenvalue weighted by atomic mass is 10.2. The molecule has 0 aliphatic rings. The minimum absolute atomic E-state index is 0.00150. The lowest BCUT2D eigenvalue weighted by molar-refractivity contribution is -0.164. The second-order valence-corrected chi connectivity index (χ2v) is 6.39. The zero-order chi connectivity index (χ0) is 18.2. The highest BCUT2D eigenvalue weighted by molar-refractivity contribution is 7.18. The van der Waals surface area contributed by atoms with E-state index in [4.69, 9.17) is 4.74 Å². The summed E-state index contributed by atoms with van der Waals surface area (Å²) in [6.07, 6.45) is -4.74. The maximum Gasteiger partial charge on any atom is 0.409 e. The third-order valence-corrected chi connectivity index (χ3v) is 5.16. The van der Waals surface area contributed by atoms with Gasteiger partial charge in [0.2, 0.25) is 0 Å². The van der Waals surface area contributed by atoms with Gasteiger partial charge in [-0.25, -0.2) is 9.36 Å². The van der Waals surface area contributed by atoms with Crippen molar-refractivity contribution in [3.63, 3.8) is 0 Å². The van der Waals surface area contributed by atoms with E-state index in [-0.39, 0.29) is 34.5 Å². The van der Waals surface area contributed by atoms with Gasteiger partial charge in [0.25, 0.3) is 5.56 Å². The van der Waals surface area contributed by atoms with Gasteiger partial charge in [0, 0.05) is 12.0 Å². The summed E-state index contributed by atoms with van der Waals surface area (Å²) in [6, 6.07) is -2.26. The molecular formula is C14H17F3N2O4S. The lowest BCUT2D eigenvalue weighted by Crippen LogP contribution is -2.45. The van der Waals surface area contributed by atoms with Crippen molar-refractivity contribution in [2.75, 3.05) is 13.7 Å². The molecule has 24 heavy (non-hydrogen) atoms. The van der Waals surface area contributed by atoms with E-state index in [2.05, 4.69) is 0 Å². The topological polar surface area (TPSA) is 73.5 Å². The molecule has 2 aromatic heterocycles. The Bertz CT molecular complexity index is 866. The van der Waals surface area contributed by atoms with Crippen LogP contribution in [0.3, 0.4) is 0 Å². The molecule has 0 aromatic carbocycles. The normalized spacial score (nSPS) is 13.6. The highest BCUT2D eigenvalue weighted by Gasteiger charge is 2.40. The molecule has 1 N–H and O–H groups in total. The van der Waals surface area contributed by atoms with Gasteiger partial charge in [-0.1, -0.05) is 0 Å². The van der Waals surface area contributed by atoms with E-state index >= 15 is 0 Å². The Morgan fingerprint density at radius 1 is 1.33 bits per heavy atom. The van der Waals surface area contributed by atoms with Crippen molar-refractivity contribution in [1.29, 1.82) is 0 Å². The van der Waals surface area contributed by atoms with Crippen molar-refractivity contribution in [1.82, 2.24) is 9.13 Å². The summed E-state index contributed by atoms with van der Waals surface area (Å²) in [4.78, 5) is 25.8. The molecular weight excluding hydrogens is 349 g/mol. The SMILES string of the molecule is COCCn1c(=O)n([C@@H](C)C(F)(F)F)c(=O)c2c(C)c(CO)sc21. The third kappa shape index (κ3) is 3.01. The number of hydrogen-bond donors (Lipinski definition) is 1. The summed E-state index contributed by atoms with van der Waals surface area (Å²) >= 11 is 1.02. The molecule has 0 saturated carbocycles. The number of alkyl halides is 3. The molecule has 134 valence electrons. The van der Waals surface area contributed by atoms with E-state index in [1.54, 1.807) is 6.92 Å². The first-order chi connectivity index (χ1) is 11.1. The maximum atomic E-state index is 13.1. The zero-order valence-corrected chi connectivity index (χ0v) is 14.1. The number of halogens is 3. The maximum absolute atomic E-state index is 13.1. The van der Waals surface area contributed by atoms with E-state index in [0.717, 1.165) is 22.8 Å². The van der Waals surface area contributed by atoms with Crippen LogP contribution in [0.4, 0.5) is 13.2 Å². The molecule has 10 heteroatoms. The highest BCUT2D eigenvalue weighted by atomic mass is 32.1. The number of hydrogen-bond acceptors (Lipinski definition) is 5. The molecule has 0 saturated heterocycles. The minimum atomic E-state index is -4.74. The molecule has 0 aliphatic carbocycles. The van der Waals surface area contributed by atoms with Crippen molar-refractivity contribution in [3.8, 4) is 0 Å². The number of ether oxygens (including phenoxy) is 1. The molecule has 0 unspecified atom stereocenters. The predicted molar refractivity (Wildman–Crippen MR) is 83.6 cm³/mol. The van der Waals surface area contributed by atoms with Gasteiger partial charge >= 0.3 is 11.9 Å². The molecule has 2 aromatic rings. The van der Waals surface area contributed by atoms with Gasteiger partial charge < -0.3 is 9.84 Å². The summed E-state index contributed by atoms with van der Waals surface area (Å²) in [6.45, 7) is 2.04. The molecule has 0 aliphatic heterocycles. The van der Waals surface area contributed by atoms with Crippen LogP contribution in [0, 0.1) is 6.92 Å². The van der Waals surface area contributed by atoms with E-state index in [1.165, 1.54) is 7.11 Å². The van der Waals surface area contributed by atoms with Crippen LogP contribution >= 0.6 is 11.3 Å². The number of aliphatic hydroxyl groups excluding tert-OH is 1. The number of rotatable bonds is 5. The fourth-order valence-electron chi connectivity index (χ4n) is 2.43. The number of aromatic nitrogens is 2. The Balaban J connectivity index is 2.92. The summed E-state index contributed by atoms with van der Waals surface area (Å²) in [5, 5.41) is 9.39.